The van der Waals surface area contributed by atoms with Gasteiger partial charge in [0.25, 0.3) is 5.91 Å². The highest BCUT2D eigenvalue weighted by atomic mass is 19.1. The first kappa shape index (κ1) is 19.3. The van der Waals surface area contributed by atoms with Crippen LogP contribution in [0.3, 0.4) is 0 Å². The maximum absolute atomic E-state index is 13.4. The van der Waals surface area contributed by atoms with Gasteiger partial charge in [0, 0.05) is 49.2 Å². The van der Waals surface area contributed by atoms with Gasteiger partial charge in [-0.05, 0) is 36.2 Å². The molecule has 0 saturated heterocycles. The molecule has 0 fully saturated rings. The third kappa shape index (κ3) is 4.33. The molecule has 4 aromatic heterocycles. The number of nitrogens with zero attached hydrogens (tertiary/aromatic N) is 5. The molecule has 4 heterocycles. The van der Waals surface area contributed by atoms with Crippen molar-refractivity contribution in [2.75, 3.05) is 0 Å². The number of halogens is 1. The highest BCUT2D eigenvalue weighted by Gasteiger charge is 2.10. The van der Waals surface area contributed by atoms with Crippen LogP contribution in [0.15, 0.2) is 67.5 Å². The van der Waals surface area contributed by atoms with Crippen LogP contribution in [0.25, 0.3) is 22.6 Å². The van der Waals surface area contributed by atoms with Crippen molar-refractivity contribution < 1.29 is 9.18 Å². The minimum atomic E-state index is -0.552. The molecule has 0 aliphatic carbocycles. The third-order valence-corrected chi connectivity index (χ3v) is 4.44. The first-order valence-corrected chi connectivity index (χ1v) is 9.18. The Balaban J connectivity index is 1.42. The zero-order chi connectivity index (χ0) is 20.9. The number of pyridine rings is 3. The summed E-state index contributed by atoms with van der Waals surface area (Å²) >= 11 is 0. The number of carbonyl (C=O) groups excluding carboxylic acids is 1. The second-order valence-corrected chi connectivity index (χ2v) is 6.58. The molecule has 7 nitrogen and oxygen atoms in total. The summed E-state index contributed by atoms with van der Waals surface area (Å²) in [5.41, 5.74) is 4.77. The second-order valence-electron chi connectivity index (χ2n) is 6.58. The molecule has 0 unspecified atom stereocenters. The molecule has 0 spiro atoms. The first-order chi connectivity index (χ1) is 14.6. The topological polar surface area (TPSA) is 93.6 Å². The molecule has 0 saturated carbocycles. The van der Waals surface area contributed by atoms with E-state index < -0.39 is 5.95 Å². The second kappa shape index (κ2) is 8.52. The lowest BCUT2D eigenvalue weighted by Gasteiger charge is -2.09. The number of hydrogen-bond acceptors (Lipinski definition) is 6. The number of amides is 1. The lowest BCUT2D eigenvalue weighted by molar-refractivity contribution is 0.0950. The summed E-state index contributed by atoms with van der Waals surface area (Å²) < 4.78 is 13.4. The molecular weight excluding hydrogens is 383 g/mol. The Bertz CT molecular complexity index is 1180. The van der Waals surface area contributed by atoms with Crippen LogP contribution >= 0.6 is 0 Å². The van der Waals surface area contributed by atoms with E-state index in [0.717, 1.165) is 11.1 Å². The Labute approximate surface area is 172 Å². The van der Waals surface area contributed by atoms with Crippen molar-refractivity contribution in [1.82, 2.24) is 30.2 Å². The van der Waals surface area contributed by atoms with Crippen molar-refractivity contribution in [3.63, 3.8) is 0 Å². The molecule has 1 amide bonds. The first-order valence-electron chi connectivity index (χ1n) is 9.18. The summed E-state index contributed by atoms with van der Waals surface area (Å²) in [7, 11) is 0. The Morgan fingerprint density at radius 3 is 2.53 bits per heavy atom. The van der Waals surface area contributed by atoms with Gasteiger partial charge in [-0.25, -0.2) is 4.98 Å². The zero-order valence-electron chi connectivity index (χ0n) is 16.1. The van der Waals surface area contributed by atoms with Crippen LogP contribution in [0.2, 0.25) is 0 Å². The lowest BCUT2D eigenvalue weighted by atomic mass is 10.1. The summed E-state index contributed by atoms with van der Waals surface area (Å²) in [6.07, 6.45) is 9.36. The van der Waals surface area contributed by atoms with Crippen molar-refractivity contribution in [1.29, 1.82) is 0 Å². The van der Waals surface area contributed by atoms with E-state index in [2.05, 4.69) is 30.2 Å². The Morgan fingerprint density at radius 1 is 0.933 bits per heavy atom. The molecular formula is C22H17FN6O. The van der Waals surface area contributed by atoms with Crippen molar-refractivity contribution in [3.8, 4) is 22.6 Å². The molecule has 4 aromatic rings. The number of hydrogen-bond donors (Lipinski definition) is 1. The van der Waals surface area contributed by atoms with Gasteiger partial charge in [0.15, 0.2) is 0 Å². The third-order valence-electron chi connectivity index (χ3n) is 4.44. The number of nitrogens with one attached hydrogen (secondary N) is 1. The SMILES string of the molecule is Cc1cc(CNC(=O)c2ccc(-c3cnccn3)nc2)cnc1-c1ccnc(F)c1. The van der Waals surface area contributed by atoms with Gasteiger partial charge in [-0.3, -0.25) is 24.7 Å². The predicted octanol–water partition coefficient (Wildman–Crippen LogP) is 3.37. The smallest absolute Gasteiger partial charge is 0.253 e. The number of aromatic nitrogens is 5. The molecule has 0 bridgehead atoms. The van der Waals surface area contributed by atoms with E-state index in [-0.39, 0.29) is 5.91 Å². The van der Waals surface area contributed by atoms with Gasteiger partial charge >= 0.3 is 0 Å². The Morgan fingerprint density at radius 2 is 1.83 bits per heavy atom. The number of carbonyl (C=O) groups is 1. The molecule has 30 heavy (non-hydrogen) atoms. The van der Waals surface area contributed by atoms with E-state index in [4.69, 9.17) is 0 Å². The van der Waals surface area contributed by atoms with Gasteiger partial charge in [-0.1, -0.05) is 6.07 Å². The van der Waals surface area contributed by atoms with Crippen molar-refractivity contribution >= 4 is 5.91 Å². The highest BCUT2D eigenvalue weighted by molar-refractivity contribution is 5.94. The van der Waals surface area contributed by atoms with Crippen molar-refractivity contribution in [3.05, 3.63) is 90.2 Å². The molecule has 4 rings (SSSR count). The minimum Gasteiger partial charge on any atom is -0.348 e. The minimum absolute atomic E-state index is 0.244. The van der Waals surface area contributed by atoms with Crippen molar-refractivity contribution in [2.24, 2.45) is 0 Å². The van der Waals surface area contributed by atoms with Crippen LogP contribution in [0.5, 0.6) is 0 Å². The fourth-order valence-electron chi connectivity index (χ4n) is 2.98. The number of rotatable bonds is 5. The Kier molecular flexibility index (Phi) is 5.47. The van der Waals surface area contributed by atoms with Gasteiger partial charge < -0.3 is 5.32 Å². The van der Waals surface area contributed by atoms with Gasteiger partial charge in [-0.15, -0.1) is 0 Å². The molecule has 8 heteroatoms. The summed E-state index contributed by atoms with van der Waals surface area (Å²) in [6.45, 7) is 2.20. The normalized spacial score (nSPS) is 10.6. The molecule has 1 N–H and O–H groups in total. The average Bonchev–Trinajstić information content (AvgIpc) is 2.78. The average molecular weight is 400 g/mol. The fourth-order valence-corrected chi connectivity index (χ4v) is 2.98. The Hall–Kier alpha value is -4.07. The molecule has 0 atom stereocenters. The van der Waals surface area contributed by atoms with Crippen LogP contribution in [0.1, 0.15) is 21.5 Å². The summed E-state index contributed by atoms with van der Waals surface area (Å²) in [4.78, 5) is 32.9. The highest BCUT2D eigenvalue weighted by Crippen LogP contribution is 2.21. The van der Waals surface area contributed by atoms with Gasteiger partial charge in [0.05, 0.1) is 23.1 Å². The maximum atomic E-state index is 13.4. The fraction of sp³-hybridized carbons (Fsp3) is 0.0909. The van der Waals surface area contributed by atoms with E-state index in [1.807, 2.05) is 13.0 Å². The van der Waals surface area contributed by atoms with E-state index in [0.29, 0.717) is 34.8 Å². The van der Waals surface area contributed by atoms with E-state index in [1.54, 1.807) is 43.0 Å². The molecule has 0 radical (unpaired) electrons. The monoisotopic (exact) mass is 400 g/mol. The summed E-state index contributed by atoms with van der Waals surface area (Å²) in [5.74, 6) is -0.796. The maximum Gasteiger partial charge on any atom is 0.253 e. The standard InChI is InChI=1S/C22H17FN6O/c1-14-8-15(10-28-21(14)16-4-5-26-20(23)9-16)11-29-22(30)17-2-3-18(27-12-17)19-13-24-6-7-25-19/h2-10,12-13H,11H2,1H3,(H,29,30). The lowest BCUT2D eigenvalue weighted by Crippen LogP contribution is -2.23. The van der Waals surface area contributed by atoms with Crippen LogP contribution in [-0.2, 0) is 6.54 Å². The van der Waals surface area contributed by atoms with Gasteiger partial charge in [0.1, 0.15) is 5.69 Å². The molecule has 148 valence electrons. The van der Waals surface area contributed by atoms with E-state index >= 15 is 0 Å². The molecule has 0 aromatic carbocycles. The van der Waals surface area contributed by atoms with E-state index in [1.165, 1.54) is 18.5 Å². The van der Waals surface area contributed by atoms with Gasteiger partial charge in [0.2, 0.25) is 5.95 Å². The zero-order valence-corrected chi connectivity index (χ0v) is 16.1. The van der Waals surface area contributed by atoms with Gasteiger partial charge in [-0.2, -0.15) is 4.39 Å². The summed E-state index contributed by atoms with van der Waals surface area (Å²) in [6, 6.07) is 8.38. The molecule has 0 aliphatic rings. The molecule has 0 aliphatic heterocycles. The van der Waals surface area contributed by atoms with Crippen LogP contribution in [0.4, 0.5) is 4.39 Å². The van der Waals surface area contributed by atoms with Crippen LogP contribution in [0, 0.1) is 12.9 Å². The quantitative estimate of drug-likeness (QED) is 0.516. The van der Waals surface area contributed by atoms with Crippen LogP contribution in [-0.4, -0.2) is 30.8 Å². The predicted molar refractivity (Wildman–Crippen MR) is 109 cm³/mol. The largest absolute Gasteiger partial charge is 0.348 e. The van der Waals surface area contributed by atoms with Crippen molar-refractivity contribution in [2.45, 2.75) is 13.5 Å². The number of aryl methyl sites for hydroxylation is 1. The van der Waals surface area contributed by atoms with E-state index in [9.17, 15) is 9.18 Å². The van der Waals surface area contributed by atoms with Crippen LogP contribution < -0.4 is 5.32 Å². The summed E-state index contributed by atoms with van der Waals surface area (Å²) in [5, 5.41) is 2.85.